The van der Waals surface area contributed by atoms with E-state index in [2.05, 4.69) is 20.7 Å². The van der Waals surface area contributed by atoms with Crippen LogP contribution in [0.5, 0.6) is 0 Å². The van der Waals surface area contributed by atoms with Crippen LogP contribution in [0.1, 0.15) is 0 Å². The Hall–Kier alpha value is -3.19. The van der Waals surface area contributed by atoms with Gasteiger partial charge in [-0.3, -0.25) is 5.43 Å². The van der Waals surface area contributed by atoms with Gasteiger partial charge < -0.3 is 4.57 Å². The van der Waals surface area contributed by atoms with Crippen LogP contribution in [0.4, 0.5) is 5.69 Å². The third kappa shape index (κ3) is 2.73. The fourth-order valence-corrected chi connectivity index (χ4v) is 1.43. The number of aryl methyl sites for hydroxylation is 1. The summed E-state index contributed by atoms with van der Waals surface area (Å²) in [6.07, 6.45) is 1.62. The van der Waals surface area contributed by atoms with Crippen LogP contribution >= 0.6 is 0 Å². The van der Waals surface area contributed by atoms with Gasteiger partial charge in [0.05, 0.1) is 5.69 Å². The van der Waals surface area contributed by atoms with Crippen LogP contribution in [0.2, 0.25) is 0 Å². The third-order valence-electron chi connectivity index (χ3n) is 2.36. The van der Waals surface area contributed by atoms with Gasteiger partial charge in [0.25, 0.3) is 0 Å². The first-order valence-electron chi connectivity index (χ1n) is 5.33. The van der Waals surface area contributed by atoms with Crippen molar-refractivity contribution in [1.82, 2.24) is 14.8 Å². The van der Waals surface area contributed by atoms with Crippen molar-refractivity contribution in [2.24, 2.45) is 12.1 Å². The maximum atomic E-state index is 8.54. The summed E-state index contributed by atoms with van der Waals surface area (Å²) < 4.78 is 1.81. The Bertz CT molecular complexity index is 666. The Morgan fingerprint density at radius 2 is 1.95 bits per heavy atom. The standard InChI is InChI=1S/C12H9N7/c1-19-8-15-18-12(19)9-2-4-10(5-3-9)16-17-11(6-13)7-14/h2-5,8,16H,1H3. The number of hydrogen-bond donors (Lipinski definition) is 1. The molecular formula is C12H9N7. The molecule has 0 spiro atoms. The highest BCUT2D eigenvalue weighted by Crippen LogP contribution is 2.18. The Kier molecular flexibility index (Phi) is 3.51. The van der Waals surface area contributed by atoms with Gasteiger partial charge in [0.2, 0.25) is 5.71 Å². The first kappa shape index (κ1) is 12.3. The first-order chi connectivity index (χ1) is 9.24. The van der Waals surface area contributed by atoms with Crippen molar-refractivity contribution in [3.8, 4) is 23.5 Å². The molecule has 0 fully saturated rings. The predicted molar refractivity (Wildman–Crippen MR) is 68.7 cm³/mol. The lowest BCUT2D eigenvalue weighted by Gasteiger charge is -2.03. The highest BCUT2D eigenvalue weighted by Gasteiger charge is 2.03. The molecule has 92 valence electrons. The van der Waals surface area contributed by atoms with E-state index in [1.807, 2.05) is 23.7 Å². The molecule has 7 nitrogen and oxygen atoms in total. The largest absolute Gasteiger partial charge is 0.317 e. The molecule has 1 aromatic heterocycles. The molecule has 0 aliphatic heterocycles. The molecule has 1 N–H and O–H groups in total. The number of benzene rings is 1. The molecule has 1 aromatic carbocycles. The number of anilines is 1. The Balaban J connectivity index is 2.17. The number of rotatable bonds is 3. The molecule has 0 bridgehead atoms. The van der Waals surface area contributed by atoms with Crippen molar-refractivity contribution >= 4 is 11.4 Å². The minimum atomic E-state index is -0.225. The Labute approximate surface area is 109 Å². The van der Waals surface area contributed by atoms with Gasteiger partial charge >= 0.3 is 0 Å². The van der Waals surface area contributed by atoms with Crippen molar-refractivity contribution in [3.63, 3.8) is 0 Å². The second-order valence-corrected chi connectivity index (χ2v) is 3.64. The van der Waals surface area contributed by atoms with Crippen LogP contribution in [0.15, 0.2) is 35.7 Å². The average Bonchev–Trinajstić information content (AvgIpc) is 2.87. The Morgan fingerprint density at radius 3 is 2.47 bits per heavy atom. The number of hydrogen-bond acceptors (Lipinski definition) is 6. The second kappa shape index (κ2) is 5.43. The van der Waals surface area contributed by atoms with Crippen LogP contribution in [0, 0.1) is 22.7 Å². The smallest absolute Gasteiger partial charge is 0.237 e. The molecule has 0 radical (unpaired) electrons. The maximum absolute atomic E-state index is 8.54. The summed E-state index contributed by atoms with van der Waals surface area (Å²) in [5, 5.41) is 28.5. The molecule has 0 unspecified atom stereocenters. The molecular weight excluding hydrogens is 242 g/mol. The van der Waals surface area contributed by atoms with E-state index in [0.29, 0.717) is 5.69 Å². The zero-order valence-electron chi connectivity index (χ0n) is 10.1. The summed E-state index contributed by atoms with van der Waals surface area (Å²) in [6.45, 7) is 0. The molecule has 0 saturated carbocycles. The van der Waals surface area contributed by atoms with E-state index in [4.69, 9.17) is 10.5 Å². The first-order valence-corrected chi connectivity index (χ1v) is 5.33. The molecule has 7 heteroatoms. The second-order valence-electron chi connectivity index (χ2n) is 3.64. The zero-order chi connectivity index (χ0) is 13.7. The van der Waals surface area contributed by atoms with Gasteiger partial charge in [0.15, 0.2) is 5.82 Å². The van der Waals surface area contributed by atoms with Gasteiger partial charge in [-0.1, -0.05) is 0 Å². The van der Waals surface area contributed by atoms with Gasteiger partial charge in [0.1, 0.15) is 18.5 Å². The highest BCUT2D eigenvalue weighted by molar-refractivity contribution is 6.10. The highest BCUT2D eigenvalue weighted by atomic mass is 15.3. The van der Waals surface area contributed by atoms with Gasteiger partial charge in [0, 0.05) is 12.6 Å². The summed E-state index contributed by atoms with van der Waals surface area (Å²) >= 11 is 0. The summed E-state index contributed by atoms with van der Waals surface area (Å²) in [7, 11) is 1.86. The summed E-state index contributed by atoms with van der Waals surface area (Å²) in [5.74, 6) is 0.754. The SMILES string of the molecule is Cn1cnnc1-c1ccc(NN=C(C#N)C#N)cc1. The maximum Gasteiger partial charge on any atom is 0.237 e. The van der Waals surface area contributed by atoms with E-state index < -0.39 is 0 Å². The lowest BCUT2D eigenvalue weighted by atomic mass is 10.2. The van der Waals surface area contributed by atoms with Gasteiger partial charge in [-0.25, -0.2) is 0 Å². The van der Waals surface area contributed by atoms with Crippen molar-refractivity contribution in [2.45, 2.75) is 0 Å². The topological polar surface area (TPSA) is 103 Å². The molecule has 0 aliphatic rings. The van der Waals surface area contributed by atoms with E-state index in [0.717, 1.165) is 11.4 Å². The van der Waals surface area contributed by atoms with E-state index in [9.17, 15) is 0 Å². The lowest BCUT2D eigenvalue weighted by Crippen LogP contribution is -1.96. The molecule has 0 saturated heterocycles. The molecule has 0 amide bonds. The molecule has 0 atom stereocenters. The van der Waals surface area contributed by atoms with Crippen molar-refractivity contribution in [1.29, 1.82) is 10.5 Å². The number of nitrogens with one attached hydrogen (secondary N) is 1. The average molecular weight is 251 g/mol. The number of nitrogens with zero attached hydrogens (tertiary/aromatic N) is 6. The van der Waals surface area contributed by atoms with Gasteiger partial charge in [-0.2, -0.15) is 15.6 Å². The van der Waals surface area contributed by atoms with E-state index in [1.165, 1.54) is 0 Å². The van der Waals surface area contributed by atoms with Crippen LogP contribution in [-0.4, -0.2) is 20.5 Å². The van der Waals surface area contributed by atoms with Crippen LogP contribution in [0.25, 0.3) is 11.4 Å². The Morgan fingerprint density at radius 1 is 1.26 bits per heavy atom. The number of nitriles is 2. The van der Waals surface area contributed by atoms with Crippen LogP contribution in [0.3, 0.4) is 0 Å². The van der Waals surface area contributed by atoms with Crippen molar-refractivity contribution < 1.29 is 0 Å². The molecule has 2 rings (SSSR count). The normalized spacial score (nSPS) is 9.21. The predicted octanol–water partition coefficient (Wildman–Crippen LogP) is 1.30. The monoisotopic (exact) mass is 251 g/mol. The minimum Gasteiger partial charge on any atom is -0.317 e. The van der Waals surface area contributed by atoms with Crippen molar-refractivity contribution in [3.05, 3.63) is 30.6 Å². The van der Waals surface area contributed by atoms with Crippen LogP contribution in [-0.2, 0) is 7.05 Å². The van der Waals surface area contributed by atoms with Gasteiger partial charge in [-0.05, 0) is 24.3 Å². The number of aromatic nitrogens is 3. The fraction of sp³-hybridized carbons (Fsp3) is 0.0833. The van der Waals surface area contributed by atoms with E-state index >= 15 is 0 Å². The number of hydrazone groups is 1. The van der Waals surface area contributed by atoms with Gasteiger partial charge in [-0.15, -0.1) is 10.2 Å². The zero-order valence-corrected chi connectivity index (χ0v) is 10.1. The summed E-state index contributed by atoms with van der Waals surface area (Å²) in [6, 6.07) is 10.6. The van der Waals surface area contributed by atoms with Crippen LogP contribution < -0.4 is 5.43 Å². The lowest BCUT2D eigenvalue weighted by molar-refractivity contribution is 0.920. The van der Waals surface area contributed by atoms with E-state index in [1.54, 1.807) is 30.6 Å². The minimum absolute atomic E-state index is 0.225. The molecule has 1 heterocycles. The summed E-state index contributed by atoms with van der Waals surface area (Å²) in [4.78, 5) is 0. The molecule has 19 heavy (non-hydrogen) atoms. The fourth-order valence-electron chi connectivity index (χ4n) is 1.43. The summed E-state index contributed by atoms with van der Waals surface area (Å²) in [5.41, 5.74) is 4.00. The molecule has 0 aliphatic carbocycles. The quantitative estimate of drug-likeness (QED) is 0.654. The molecule has 2 aromatic rings. The van der Waals surface area contributed by atoms with Crippen molar-refractivity contribution in [2.75, 3.05) is 5.43 Å². The third-order valence-corrected chi connectivity index (χ3v) is 2.36. The van der Waals surface area contributed by atoms with E-state index in [-0.39, 0.29) is 5.71 Å².